The lowest BCUT2D eigenvalue weighted by Crippen LogP contribution is -2.19. The molecule has 10 heteroatoms. The third kappa shape index (κ3) is 5.26. The zero-order chi connectivity index (χ0) is 24.2. The summed E-state index contributed by atoms with van der Waals surface area (Å²) in [5, 5.41) is 12.7. The summed E-state index contributed by atoms with van der Waals surface area (Å²) in [6.07, 6.45) is 3.44. The number of nitrogens with zero attached hydrogens (tertiary/aromatic N) is 2. The molecule has 0 radical (unpaired) electrons. The van der Waals surface area contributed by atoms with Crippen LogP contribution in [0.5, 0.6) is 0 Å². The number of esters is 1. The Hall–Kier alpha value is -2.91. The second-order valence-electron chi connectivity index (χ2n) is 7.30. The largest absolute Gasteiger partial charge is 0.465 e. The topological polar surface area (TPSA) is 68.2 Å². The number of thiocarbonyl (C=S) groups is 1. The molecule has 0 aliphatic rings. The van der Waals surface area contributed by atoms with E-state index >= 15 is 0 Å². The molecule has 0 aliphatic heterocycles. The molecule has 0 saturated heterocycles. The SMILES string of the molecule is COC(=O)c1c(NC(=S)Nc2cnn(Cc3c(Cl)cccc3Cl)c2)sc(C)c1-c1ccccc1. The van der Waals surface area contributed by atoms with E-state index in [9.17, 15) is 4.79 Å². The lowest BCUT2D eigenvalue weighted by atomic mass is 10.0. The van der Waals surface area contributed by atoms with Crippen LogP contribution in [0, 0.1) is 6.92 Å². The number of hydrogen-bond donors (Lipinski definition) is 2. The Morgan fingerprint density at radius 2 is 1.82 bits per heavy atom. The molecule has 2 N–H and O–H groups in total. The third-order valence-corrected chi connectivity index (χ3v) is 6.97. The normalized spacial score (nSPS) is 10.7. The predicted molar refractivity (Wildman–Crippen MR) is 143 cm³/mol. The van der Waals surface area contributed by atoms with Crippen molar-refractivity contribution in [3.63, 3.8) is 0 Å². The minimum Gasteiger partial charge on any atom is -0.465 e. The Morgan fingerprint density at radius 3 is 2.50 bits per heavy atom. The van der Waals surface area contributed by atoms with Crippen LogP contribution in [-0.4, -0.2) is 28.0 Å². The highest BCUT2D eigenvalue weighted by molar-refractivity contribution is 7.80. The van der Waals surface area contributed by atoms with Gasteiger partial charge in [-0.05, 0) is 36.8 Å². The second kappa shape index (κ2) is 10.6. The van der Waals surface area contributed by atoms with Gasteiger partial charge in [-0.3, -0.25) is 4.68 Å². The van der Waals surface area contributed by atoms with E-state index in [1.54, 1.807) is 35.3 Å². The van der Waals surface area contributed by atoms with Crippen LogP contribution >= 0.6 is 46.8 Å². The number of carbonyl (C=O) groups is 1. The van der Waals surface area contributed by atoms with Crippen molar-refractivity contribution >= 4 is 68.5 Å². The number of methoxy groups -OCH3 is 1. The van der Waals surface area contributed by atoms with Gasteiger partial charge in [0.1, 0.15) is 10.6 Å². The van der Waals surface area contributed by atoms with Crippen molar-refractivity contribution in [1.29, 1.82) is 0 Å². The van der Waals surface area contributed by atoms with Crippen LogP contribution in [0.25, 0.3) is 11.1 Å². The molecule has 2 heterocycles. The molecular weight excluding hydrogens is 511 g/mol. The molecule has 0 fully saturated rings. The van der Waals surface area contributed by atoms with Crippen molar-refractivity contribution in [3.05, 3.63) is 87.0 Å². The van der Waals surface area contributed by atoms with E-state index in [1.807, 2.05) is 37.3 Å². The highest BCUT2D eigenvalue weighted by atomic mass is 35.5. The molecule has 0 spiro atoms. The van der Waals surface area contributed by atoms with Gasteiger partial charge in [-0.1, -0.05) is 59.6 Å². The van der Waals surface area contributed by atoms with E-state index in [4.69, 9.17) is 40.2 Å². The number of anilines is 2. The average molecular weight is 531 g/mol. The summed E-state index contributed by atoms with van der Waals surface area (Å²) in [6.45, 7) is 2.38. The molecule has 0 atom stereocenters. The molecule has 2 aromatic carbocycles. The number of aromatic nitrogens is 2. The van der Waals surface area contributed by atoms with Gasteiger partial charge in [-0.15, -0.1) is 11.3 Å². The van der Waals surface area contributed by atoms with Crippen LogP contribution in [0.3, 0.4) is 0 Å². The van der Waals surface area contributed by atoms with Crippen LogP contribution < -0.4 is 10.6 Å². The van der Waals surface area contributed by atoms with Crippen molar-refractivity contribution in [2.45, 2.75) is 13.5 Å². The number of benzene rings is 2. The van der Waals surface area contributed by atoms with E-state index in [1.165, 1.54) is 18.4 Å². The molecule has 4 aromatic rings. The Labute approximate surface area is 216 Å². The Balaban J connectivity index is 1.52. The van der Waals surface area contributed by atoms with Gasteiger partial charge in [0.15, 0.2) is 5.11 Å². The molecule has 174 valence electrons. The standard InChI is InChI=1S/C24H20Cl2N4O2S2/c1-14-20(15-7-4-3-5-8-15)21(23(31)32-2)22(34-14)29-24(33)28-16-11-27-30(12-16)13-17-18(25)9-6-10-19(17)26/h3-12H,13H2,1-2H3,(H2,28,29,33). The van der Waals surface area contributed by atoms with Crippen molar-refractivity contribution in [1.82, 2.24) is 9.78 Å². The quantitative estimate of drug-likeness (QED) is 0.209. The highest BCUT2D eigenvalue weighted by Gasteiger charge is 2.24. The van der Waals surface area contributed by atoms with Crippen LogP contribution in [0.4, 0.5) is 10.7 Å². The van der Waals surface area contributed by atoms with Crippen molar-refractivity contribution in [2.24, 2.45) is 0 Å². The lowest BCUT2D eigenvalue weighted by molar-refractivity contribution is 0.0603. The van der Waals surface area contributed by atoms with Crippen LogP contribution in [0.15, 0.2) is 60.9 Å². The number of halogens is 2. The molecule has 34 heavy (non-hydrogen) atoms. The summed E-state index contributed by atoms with van der Waals surface area (Å²) in [5.41, 5.74) is 3.67. The first-order chi connectivity index (χ1) is 16.4. The monoisotopic (exact) mass is 530 g/mol. The smallest absolute Gasteiger partial charge is 0.341 e. The predicted octanol–water partition coefficient (Wildman–Crippen LogP) is 6.87. The van der Waals surface area contributed by atoms with E-state index in [0.717, 1.165) is 21.6 Å². The van der Waals surface area contributed by atoms with E-state index in [0.29, 0.717) is 38.0 Å². The van der Waals surface area contributed by atoms with Crippen molar-refractivity contribution < 1.29 is 9.53 Å². The maximum atomic E-state index is 12.7. The minimum absolute atomic E-state index is 0.321. The van der Waals surface area contributed by atoms with Crippen LogP contribution in [0.1, 0.15) is 20.8 Å². The first-order valence-corrected chi connectivity index (χ1v) is 12.2. The number of aryl methyl sites for hydroxylation is 1. The summed E-state index contributed by atoms with van der Waals surface area (Å²) >= 11 is 19.5. The Kier molecular flexibility index (Phi) is 7.53. The molecule has 6 nitrogen and oxygen atoms in total. The van der Waals surface area contributed by atoms with Gasteiger partial charge >= 0.3 is 5.97 Å². The third-order valence-electron chi connectivity index (χ3n) is 5.04. The minimum atomic E-state index is -0.432. The van der Waals surface area contributed by atoms with Gasteiger partial charge in [-0.25, -0.2) is 4.79 Å². The lowest BCUT2D eigenvalue weighted by Gasteiger charge is -2.10. The summed E-state index contributed by atoms with van der Waals surface area (Å²) in [6, 6.07) is 15.1. The van der Waals surface area contributed by atoms with Gasteiger partial charge in [0.25, 0.3) is 0 Å². The fourth-order valence-corrected chi connectivity index (χ4v) is 5.38. The van der Waals surface area contributed by atoms with Gasteiger partial charge < -0.3 is 15.4 Å². The molecule has 0 aliphatic carbocycles. The number of hydrogen-bond acceptors (Lipinski definition) is 5. The summed E-state index contributed by atoms with van der Waals surface area (Å²) in [5.74, 6) is -0.432. The fraction of sp³-hybridized carbons (Fsp3) is 0.125. The summed E-state index contributed by atoms with van der Waals surface area (Å²) in [4.78, 5) is 13.6. The molecule has 0 bridgehead atoms. The summed E-state index contributed by atoms with van der Waals surface area (Å²) < 4.78 is 6.77. The maximum absolute atomic E-state index is 12.7. The molecule has 0 saturated carbocycles. The number of rotatable bonds is 6. The summed E-state index contributed by atoms with van der Waals surface area (Å²) in [7, 11) is 1.37. The van der Waals surface area contributed by atoms with E-state index in [-0.39, 0.29) is 0 Å². The molecule has 0 unspecified atom stereocenters. The first-order valence-electron chi connectivity index (χ1n) is 10.2. The number of thiophene rings is 1. The van der Waals surface area contributed by atoms with Gasteiger partial charge in [0, 0.05) is 32.2 Å². The van der Waals surface area contributed by atoms with Crippen molar-refractivity contribution in [2.75, 3.05) is 17.7 Å². The van der Waals surface area contributed by atoms with Crippen LogP contribution in [0.2, 0.25) is 10.0 Å². The highest BCUT2D eigenvalue weighted by Crippen LogP contribution is 2.40. The molecular formula is C24H20Cl2N4O2S2. The van der Waals surface area contributed by atoms with Gasteiger partial charge in [-0.2, -0.15) is 5.10 Å². The zero-order valence-corrected chi connectivity index (χ0v) is 21.4. The molecule has 4 rings (SSSR count). The van der Waals surface area contributed by atoms with Crippen LogP contribution in [-0.2, 0) is 11.3 Å². The Morgan fingerprint density at radius 1 is 1.12 bits per heavy atom. The fourth-order valence-electron chi connectivity index (χ4n) is 3.51. The Bertz CT molecular complexity index is 1330. The maximum Gasteiger partial charge on any atom is 0.341 e. The molecule has 2 aromatic heterocycles. The van der Waals surface area contributed by atoms with E-state index in [2.05, 4.69) is 15.7 Å². The average Bonchev–Trinajstić information content (AvgIpc) is 3.39. The number of nitrogens with one attached hydrogen (secondary N) is 2. The first kappa shape index (κ1) is 24.2. The van der Waals surface area contributed by atoms with E-state index < -0.39 is 5.97 Å². The van der Waals surface area contributed by atoms with Gasteiger partial charge in [0.05, 0.1) is 25.5 Å². The molecule has 0 amide bonds. The van der Waals surface area contributed by atoms with Crippen molar-refractivity contribution in [3.8, 4) is 11.1 Å². The number of ether oxygens (including phenoxy) is 1. The second-order valence-corrected chi connectivity index (χ2v) is 9.75. The number of carbonyl (C=O) groups excluding carboxylic acids is 1. The zero-order valence-electron chi connectivity index (χ0n) is 18.3. The van der Waals surface area contributed by atoms with Gasteiger partial charge in [0.2, 0.25) is 0 Å².